The molecular weight excluding hydrogens is 475 g/mol. The van der Waals surface area contributed by atoms with E-state index in [9.17, 15) is 9.59 Å². The predicted molar refractivity (Wildman–Crippen MR) is 138 cm³/mol. The maximum Gasteiger partial charge on any atom is 0.161 e. The van der Waals surface area contributed by atoms with Crippen LogP contribution in [-0.2, 0) is 4.79 Å². The van der Waals surface area contributed by atoms with E-state index in [2.05, 4.69) is 15.4 Å². The lowest BCUT2D eigenvalue weighted by Crippen LogP contribution is -2.64. The number of hydrazone groups is 1. The summed E-state index contributed by atoms with van der Waals surface area (Å²) in [5.74, 6) is 0.690. The van der Waals surface area contributed by atoms with Crippen molar-refractivity contribution < 1.29 is 14.3 Å². The minimum absolute atomic E-state index is 0.132. The number of carbonyl (C=O) groups excluding carboxylic acids is 2. The number of rotatable bonds is 12. The minimum atomic E-state index is 0.132. The number of hydrogen-bond donors (Lipinski definition) is 1. The van der Waals surface area contributed by atoms with Crippen LogP contribution in [0.4, 0.5) is 0 Å². The van der Waals surface area contributed by atoms with Crippen molar-refractivity contribution in [2.75, 3.05) is 40.8 Å². The van der Waals surface area contributed by atoms with Crippen molar-refractivity contribution in [3.05, 3.63) is 45.1 Å². The predicted octanol–water partition coefficient (Wildman–Crippen LogP) is 4.21. The highest BCUT2D eigenvalue weighted by atomic mass is 35.5. The molecule has 3 rings (SSSR count). The van der Waals surface area contributed by atoms with Gasteiger partial charge in [-0.15, -0.1) is 0 Å². The molecular formula is C25H32Cl2N4O3. The summed E-state index contributed by atoms with van der Waals surface area (Å²) < 4.78 is 6.29. The molecule has 1 aromatic carbocycles. The van der Waals surface area contributed by atoms with E-state index in [4.69, 9.17) is 27.9 Å². The number of likely N-dealkylation sites (tertiary alicyclic amines) is 1. The Bertz CT molecular complexity index is 977. The molecule has 1 saturated carbocycles. The lowest BCUT2D eigenvalue weighted by atomic mass is 9.61. The van der Waals surface area contributed by atoms with E-state index in [0.717, 1.165) is 50.8 Å². The Balaban J connectivity index is 1.49. The van der Waals surface area contributed by atoms with Gasteiger partial charge in [0.25, 0.3) is 0 Å². The summed E-state index contributed by atoms with van der Waals surface area (Å²) in [5, 5.41) is 4.59. The Hall–Kier alpha value is -2.35. The average Bonchev–Trinajstić information content (AvgIpc) is 2.76. The van der Waals surface area contributed by atoms with Crippen LogP contribution in [0.1, 0.15) is 41.6 Å². The topological polar surface area (TPSA) is 74.2 Å². The van der Waals surface area contributed by atoms with Crippen LogP contribution in [0, 0.1) is 5.41 Å². The summed E-state index contributed by atoms with van der Waals surface area (Å²) in [6, 6.07) is 3.56. The van der Waals surface area contributed by atoms with Gasteiger partial charge in [0, 0.05) is 50.8 Å². The largest absolute Gasteiger partial charge is 0.490 e. The number of hydrogen-bond acceptors (Lipinski definition) is 7. The molecule has 2 fully saturated rings. The number of carbonyl (C=O) groups is 2. The fourth-order valence-electron chi connectivity index (χ4n) is 4.65. The second-order valence-corrected chi connectivity index (χ2v) is 10.0. The highest BCUT2D eigenvalue weighted by Gasteiger charge is 2.53. The van der Waals surface area contributed by atoms with Crippen molar-refractivity contribution in [1.82, 2.24) is 15.2 Å². The third kappa shape index (κ3) is 6.40. The van der Waals surface area contributed by atoms with Crippen LogP contribution < -0.4 is 10.2 Å². The first-order valence-corrected chi connectivity index (χ1v) is 12.1. The first kappa shape index (κ1) is 26.3. The second-order valence-electron chi connectivity index (χ2n) is 9.21. The molecule has 0 atom stereocenters. The van der Waals surface area contributed by atoms with Crippen LogP contribution in [-0.4, -0.2) is 75.5 Å². The standard InChI is InChI=1S/C25H32Cl2N4O3/c1-28-29-13-18(23(27)15-33)5-4-9-31-16-25(17-31)11-19(12-25)34-24-7-6-22(26)21(14-32)20(24)8-10-30(2)3/h6-8,10,13-15,19,28H,4-5,9,11-12,16-17H2,1-3H3/b10-8-,23-18+,29-13-. The van der Waals surface area contributed by atoms with Gasteiger partial charge >= 0.3 is 0 Å². The maximum absolute atomic E-state index is 11.6. The molecule has 0 radical (unpaired) electrons. The lowest BCUT2D eigenvalue weighted by Gasteiger charge is -2.58. The quantitative estimate of drug-likeness (QED) is 0.198. The second kappa shape index (κ2) is 11.9. The molecule has 0 aromatic heterocycles. The number of benzene rings is 1. The first-order chi connectivity index (χ1) is 16.3. The molecule has 1 spiro atoms. The van der Waals surface area contributed by atoms with Crippen LogP contribution in [0.2, 0.25) is 5.02 Å². The first-order valence-electron chi connectivity index (χ1n) is 11.4. The Morgan fingerprint density at radius 3 is 2.65 bits per heavy atom. The summed E-state index contributed by atoms with van der Waals surface area (Å²) in [6.07, 6.45) is 10.5. The maximum atomic E-state index is 11.6. The number of nitrogens with zero attached hydrogens (tertiary/aromatic N) is 3. The molecule has 184 valence electrons. The number of nitrogens with one attached hydrogen (secondary N) is 1. The van der Waals surface area contributed by atoms with E-state index in [-0.39, 0.29) is 11.1 Å². The number of ether oxygens (including phenoxy) is 1. The zero-order chi connectivity index (χ0) is 24.7. The van der Waals surface area contributed by atoms with E-state index in [1.165, 1.54) is 0 Å². The van der Waals surface area contributed by atoms with E-state index < -0.39 is 0 Å². The third-order valence-corrected chi connectivity index (χ3v) is 6.93. The average molecular weight is 507 g/mol. The van der Waals surface area contributed by atoms with Gasteiger partial charge in [0.1, 0.15) is 5.75 Å². The molecule has 1 saturated heterocycles. The number of aldehydes is 2. The van der Waals surface area contributed by atoms with Crippen LogP contribution in [0.3, 0.4) is 0 Å². The number of halogens is 2. The van der Waals surface area contributed by atoms with Crippen LogP contribution in [0.15, 0.2) is 34.0 Å². The van der Waals surface area contributed by atoms with Crippen molar-refractivity contribution >= 4 is 48.1 Å². The van der Waals surface area contributed by atoms with Crippen molar-refractivity contribution in [2.45, 2.75) is 31.8 Å². The van der Waals surface area contributed by atoms with Gasteiger partial charge in [0.2, 0.25) is 0 Å². The Morgan fingerprint density at radius 1 is 1.29 bits per heavy atom. The van der Waals surface area contributed by atoms with Gasteiger partial charge in [-0.3, -0.25) is 9.59 Å². The molecule has 0 unspecified atom stereocenters. The third-order valence-electron chi connectivity index (χ3n) is 6.26. The van der Waals surface area contributed by atoms with Crippen molar-refractivity contribution in [1.29, 1.82) is 0 Å². The van der Waals surface area contributed by atoms with Gasteiger partial charge in [0.05, 0.1) is 22.4 Å². The lowest BCUT2D eigenvalue weighted by molar-refractivity contribution is -0.119. The molecule has 34 heavy (non-hydrogen) atoms. The molecule has 2 aliphatic rings. The summed E-state index contributed by atoms with van der Waals surface area (Å²) in [4.78, 5) is 26.9. The monoisotopic (exact) mass is 506 g/mol. The van der Waals surface area contributed by atoms with Crippen LogP contribution >= 0.6 is 23.2 Å². The van der Waals surface area contributed by atoms with Gasteiger partial charge in [-0.05, 0) is 62.2 Å². The van der Waals surface area contributed by atoms with E-state index >= 15 is 0 Å². The fraction of sp³-hybridized carbons (Fsp3) is 0.480. The highest BCUT2D eigenvalue weighted by molar-refractivity contribution is 6.40. The van der Waals surface area contributed by atoms with E-state index in [0.29, 0.717) is 40.0 Å². The zero-order valence-electron chi connectivity index (χ0n) is 19.9. The summed E-state index contributed by atoms with van der Waals surface area (Å²) >= 11 is 12.2. The molecule has 1 heterocycles. The smallest absolute Gasteiger partial charge is 0.161 e. The minimum Gasteiger partial charge on any atom is -0.490 e. The Kier molecular flexibility index (Phi) is 9.17. The van der Waals surface area contributed by atoms with Gasteiger partial charge in [-0.1, -0.05) is 23.2 Å². The molecule has 9 heteroatoms. The zero-order valence-corrected chi connectivity index (χ0v) is 21.4. The SMILES string of the molecule is CN/N=C\C(CCCN1CC2(CC(Oc3ccc(Cl)c(C=O)c3/C=C\N(C)C)C2)C1)=C(\Cl)C=O. The highest BCUT2D eigenvalue weighted by Crippen LogP contribution is 2.50. The van der Waals surface area contributed by atoms with Gasteiger partial charge in [-0.2, -0.15) is 5.10 Å². The summed E-state index contributed by atoms with van der Waals surface area (Å²) in [5.41, 5.74) is 4.90. The van der Waals surface area contributed by atoms with Crippen molar-refractivity contribution in [3.63, 3.8) is 0 Å². The summed E-state index contributed by atoms with van der Waals surface area (Å²) in [6.45, 7) is 3.05. The molecule has 1 aromatic rings. The summed E-state index contributed by atoms with van der Waals surface area (Å²) in [7, 11) is 5.54. The number of allylic oxidation sites excluding steroid dienone is 2. The van der Waals surface area contributed by atoms with Gasteiger partial charge in [-0.25, -0.2) is 0 Å². The molecule has 7 nitrogen and oxygen atoms in total. The molecule has 1 aliphatic heterocycles. The van der Waals surface area contributed by atoms with Crippen molar-refractivity contribution in [2.24, 2.45) is 10.5 Å². The fourth-order valence-corrected chi connectivity index (χ4v) is 5.01. The van der Waals surface area contributed by atoms with E-state index in [1.807, 2.05) is 37.3 Å². The van der Waals surface area contributed by atoms with Gasteiger partial charge < -0.3 is 20.0 Å². The van der Waals surface area contributed by atoms with Crippen molar-refractivity contribution in [3.8, 4) is 5.75 Å². The van der Waals surface area contributed by atoms with Crippen LogP contribution in [0.25, 0.3) is 6.08 Å². The molecule has 1 N–H and O–H groups in total. The van der Waals surface area contributed by atoms with Crippen LogP contribution in [0.5, 0.6) is 5.75 Å². The van der Waals surface area contributed by atoms with E-state index in [1.54, 1.807) is 19.3 Å². The Morgan fingerprint density at radius 2 is 2.03 bits per heavy atom. The normalized spacial score (nSPS) is 18.5. The molecule has 0 amide bonds. The molecule has 0 bridgehead atoms. The Labute approximate surface area is 211 Å². The van der Waals surface area contributed by atoms with Gasteiger partial charge in [0.15, 0.2) is 12.6 Å². The molecule has 1 aliphatic carbocycles.